The zero-order valence-corrected chi connectivity index (χ0v) is 16.3. The standard InChI is InChI=1S/C23H26O4/c1-14(2)12-26-21-17-7-5-6-8-18(17)22(27-13-15(3)4)20-11-16(23(24)25)9-10-19(20)21/h5-11,14-15H,12-13H2,1-4H3,(H,24,25). The summed E-state index contributed by atoms with van der Waals surface area (Å²) >= 11 is 0. The van der Waals surface area contributed by atoms with Crippen molar-refractivity contribution in [2.45, 2.75) is 27.7 Å². The average molecular weight is 366 g/mol. The van der Waals surface area contributed by atoms with Gasteiger partial charge in [-0.25, -0.2) is 4.79 Å². The molecule has 0 unspecified atom stereocenters. The zero-order valence-electron chi connectivity index (χ0n) is 16.3. The van der Waals surface area contributed by atoms with Crippen LogP contribution in [0.15, 0.2) is 42.5 Å². The highest BCUT2D eigenvalue weighted by molar-refractivity contribution is 6.12. The van der Waals surface area contributed by atoms with Crippen LogP contribution in [0.5, 0.6) is 11.5 Å². The molecule has 4 nitrogen and oxygen atoms in total. The van der Waals surface area contributed by atoms with Gasteiger partial charge in [0.05, 0.1) is 18.8 Å². The minimum atomic E-state index is -0.954. The number of rotatable bonds is 7. The summed E-state index contributed by atoms with van der Waals surface area (Å²) in [4.78, 5) is 11.5. The van der Waals surface area contributed by atoms with Gasteiger partial charge in [0.2, 0.25) is 0 Å². The molecule has 0 amide bonds. The van der Waals surface area contributed by atoms with Gasteiger partial charge in [-0.2, -0.15) is 0 Å². The van der Waals surface area contributed by atoms with Gasteiger partial charge in [-0.3, -0.25) is 0 Å². The Labute approximate surface area is 159 Å². The van der Waals surface area contributed by atoms with Gasteiger partial charge in [0.25, 0.3) is 0 Å². The number of ether oxygens (including phenoxy) is 2. The first-order valence-corrected chi connectivity index (χ1v) is 9.35. The summed E-state index contributed by atoms with van der Waals surface area (Å²) < 4.78 is 12.3. The highest BCUT2D eigenvalue weighted by Gasteiger charge is 2.18. The molecule has 4 heteroatoms. The molecule has 0 aliphatic heterocycles. The molecule has 3 rings (SSSR count). The van der Waals surface area contributed by atoms with Crippen LogP contribution in [-0.2, 0) is 0 Å². The summed E-state index contributed by atoms with van der Waals surface area (Å²) in [6.07, 6.45) is 0. The summed E-state index contributed by atoms with van der Waals surface area (Å²) in [6, 6.07) is 13.1. The van der Waals surface area contributed by atoms with Gasteiger partial charge < -0.3 is 14.6 Å². The SMILES string of the molecule is CC(C)COc1c2ccccc2c(OCC(C)C)c2cc(C(=O)O)ccc12. The van der Waals surface area contributed by atoms with E-state index in [0.717, 1.165) is 27.3 Å². The first kappa shape index (κ1) is 19.0. The van der Waals surface area contributed by atoms with Crippen molar-refractivity contribution in [1.29, 1.82) is 0 Å². The van der Waals surface area contributed by atoms with Crippen LogP contribution in [0.25, 0.3) is 21.5 Å². The van der Waals surface area contributed by atoms with E-state index in [1.807, 2.05) is 30.3 Å². The molecule has 27 heavy (non-hydrogen) atoms. The van der Waals surface area contributed by atoms with Crippen molar-refractivity contribution in [3.05, 3.63) is 48.0 Å². The Bertz CT molecular complexity index is 973. The Hall–Kier alpha value is -2.75. The Morgan fingerprint density at radius 3 is 1.78 bits per heavy atom. The van der Waals surface area contributed by atoms with Crippen molar-refractivity contribution < 1.29 is 19.4 Å². The Morgan fingerprint density at radius 1 is 0.815 bits per heavy atom. The van der Waals surface area contributed by atoms with Crippen molar-refractivity contribution in [2.24, 2.45) is 11.8 Å². The summed E-state index contributed by atoms with van der Waals surface area (Å²) in [6.45, 7) is 9.54. The molecular weight excluding hydrogens is 340 g/mol. The van der Waals surface area contributed by atoms with Crippen molar-refractivity contribution in [3.8, 4) is 11.5 Å². The Kier molecular flexibility index (Phi) is 5.54. The van der Waals surface area contributed by atoms with Crippen LogP contribution >= 0.6 is 0 Å². The zero-order chi connectivity index (χ0) is 19.6. The summed E-state index contributed by atoms with van der Waals surface area (Å²) in [7, 11) is 0. The molecule has 0 bridgehead atoms. The van der Waals surface area contributed by atoms with Gasteiger partial charge >= 0.3 is 5.97 Å². The third-order valence-corrected chi connectivity index (χ3v) is 4.29. The Morgan fingerprint density at radius 2 is 1.30 bits per heavy atom. The first-order chi connectivity index (χ1) is 12.9. The fourth-order valence-electron chi connectivity index (χ4n) is 3.04. The van der Waals surface area contributed by atoms with E-state index in [9.17, 15) is 9.90 Å². The fourth-order valence-corrected chi connectivity index (χ4v) is 3.04. The molecule has 0 aromatic heterocycles. The van der Waals surface area contributed by atoms with Crippen molar-refractivity contribution in [2.75, 3.05) is 13.2 Å². The van der Waals surface area contributed by atoms with Crippen LogP contribution in [0.1, 0.15) is 38.1 Å². The van der Waals surface area contributed by atoms with E-state index in [1.165, 1.54) is 0 Å². The van der Waals surface area contributed by atoms with E-state index >= 15 is 0 Å². The van der Waals surface area contributed by atoms with E-state index < -0.39 is 5.97 Å². The molecule has 1 N–H and O–H groups in total. The molecule has 3 aromatic carbocycles. The van der Waals surface area contributed by atoms with E-state index in [2.05, 4.69) is 27.7 Å². The van der Waals surface area contributed by atoms with Gasteiger partial charge in [0.1, 0.15) is 11.5 Å². The van der Waals surface area contributed by atoms with E-state index in [0.29, 0.717) is 30.8 Å². The number of carboxylic acids is 1. The number of hydrogen-bond acceptors (Lipinski definition) is 3. The number of carboxylic acid groups (broad SMARTS) is 1. The lowest BCUT2D eigenvalue weighted by Gasteiger charge is -2.19. The highest BCUT2D eigenvalue weighted by Crippen LogP contribution is 2.43. The molecule has 0 spiro atoms. The molecule has 0 fully saturated rings. The smallest absolute Gasteiger partial charge is 0.335 e. The second-order valence-electron chi connectivity index (χ2n) is 7.68. The molecule has 0 radical (unpaired) electrons. The molecule has 142 valence electrons. The molecule has 0 saturated carbocycles. The first-order valence-electron chi connectivity index (χ1n) is 9.35. The van der Waals surface area contributed by atoms with Crippen LogP contribution in [-0.4, -0.2) is 24.3 Å². The van der Waals surface area contributed by atoms with E-state index in [1.54, 1.807) is 12.1 Å². The van der Waals surface area contributed by atoms with E-state index in [-0.39, 0.29) is 5.56 Å². The predicted octanol–water partition coefficient (Wildman–Crippen LogP) is 5.76. The highest BCUT2D eigenvalue weighted by atomic mass is 16.5. The number of carbonyl (C=O) groups is 1. The third kappa shape index (κ3) is 4.00. The molecule has 0 aliphatic carbocycles. The maximum atomic E-state index is 11.5. The molecule has 0 aliphatic rings. The summed E-state index contributed by atoms with van der Waals surface area (Å²) in [5.74, 6) is 1.29. The largest absolute Gasteiger partial charge is 0.492 e. The molecular formula is C23H26O4. The number of benzene rings is 3. The van der Waals surface area contributed by atoms with Crippen LogP contribution in [0.2, 0.25) is 0 Å². The normalized spacial score (nSPS) is 11.5. The summed E-state index contributed by atoms with van der Waals surface area (Å²) in [5, 5.41) is 13.0. The quantitative estimate of drug-likeness (QED) is 0.540. The number of fused-ring (bicyclic) bond motifs is 2. The van der Waals surface area contributed by atoms with Crippen LogP contribution in [0.3, 0.4) is 0 Å². The molecule has 3 aromatic rings. The maximum absolute atomic E-state index is 11.5. The predicted molar refractivity (Wildman–Crippen MR) is 109 cm³/mol. The number of hydrogen-bond donors (Lipinski definition) is 1. The molecule has 0 heterocycles. The summed E-state index contributed by atoms with van der Waals surface area (Å²) in [5.41, 5.74) is 0.238. The monoisotopic (exact) mass is 366 g/mol. The van der Waals surface area contributed by atoms with Crippen molar-refractivity contribution >= 4 is 27.5 Å². The second kappa shape index (κ2) is 7.87. The van der Waals surface area contributed by atoms with Gasteiger partial charge in [-0.1, -0.05) is 52.0 Å². The van der Waals surface area contributed by atoms with Crippen LogP contribution in [0.4, 0.5) is 0 Å². The maximum Gasteiger partial charge on any atom is 0.335 e. The van der Waals surface area contributed by atoms with Gasteiger partial charge in [-0.05, 0) is 30.0 Å². The lowest BCUT2D eigenvalue weighted by atomic mass is 9.98. The van der Waals surface area contributed by atoms with Crippen molar-refractivity contribution in [3.63, 3.8) is 0 Å². The van der Waals surface area contributed by atoms with Gasteiger partial charge in [0.15, 0.2) is 0 Å². The molecule has 0 saturated heterocycles. The lowest BCUT2D eigenvalue weighted by Crippen LogP contribution is -2.08. The van der Waals surface area contributed by atoms with Gasteiger partial charge in [-0.15, -0.1) is 0 Å². The minimum absolute atomic E-state index is 0.238. The number of aromatic carboxylic acids is 1. The van der Waals surface area contributed by atoms with Crippen LogP contribution < -0.4 is 9.47 Å². The topological polar surface area (TPSA) is 55.8 Å². The van der Waals surface area contributed by atoms with Crippen molar-refractivity contribution in [1.82, 2.24) is 0 Å². The van der Waals surface area contributed by atoms with Crippen LogP contribution in [0, 0.1) is 11.8 Å². The van der Waals surface area contributed by atoms with Gasteiger partial charge in [0, 0.05) is 21.5 Å². The minimum Gasteiger partial charge on any atom is -0.492 e. The Balaban J connectivity index is 2.32. The molecule has 0 atom stereocenters. The average Bonchev–Trinajstić information content (AvgIpc) is 2.63. The second-order valence-corrected chi connectivity index (χ2v) is 7.68. The fraction of sp³-hybridized carbons (Fsp3) is 0.348. The lowest BCUT2D eigenvalue weighted by molar-refractivity contribution is 0.0697. The third-order valence-electron chi connectivity index (χ3n) is 4.29. The van der Waals surface area contributed by atoms with E-state index in [4.69, 9.17) is 9.47 Å².